The Morgan fingerprint density at radius 2 is 2.00 bits per heavy atom. The van der Waals surface area contributed by atoms with E-state index in [0.717, 1.165) is 25.1 Å². The number of rotatable bonds is 5. The number of carbonyl (C=O) groups is 1. The minimum atomic E-state index is -1.43. The van der Waals surface area contributed by atoms with Gasteiger partial charge in [0.15, 0.2) is 5.82 Å². The molecule has 0 amide bonds. The monoisotopic (exact) mass is 435 g/mol. The van der Waals surface area contributed by atoms with Crippen molar-refractivity contribution >= 4 is 22.6 Å². The van der Waals surface area contributed by atoms with Crippen molar-refractivity contribution < 1.29 is 23.8 Å². The van der Waals surface area contributed by atoms with Gasteiger partial charge < -0.3 is 25.0 Å². The van der Waals surface area contributed by atoms with Crippen molar-refractivity contribution in [2.45, 2.75) is 57.2 Å². The van der Waals surface area contributed by atoms with Gasteiger partial charge in [0.25, 0.3) is 0 Å². The number of carboxylic acid groups (broad SMARTS) is 1. The summed E-state index contributed by atoms with van der Waals surface area (Å²) in [5.41, 5.74) is -3.16. The lowest BCUT2D eigenvalue weighted by molar-refractivity contribution is 0.0562. The molecule has 0 radical (unpaired) electrons. The van der Waals surface area contributed by atoms with Crippen LogP contribution < -0.4 is 15.6 Å². The molecule has 1 aromatic heterocycles. The Morgan fingerprint density at radius 1 is 1.32 bits per heavy atom. The first-order valence-electron chi connectivity index (χ1n) is 10.4. The topological polar surface area (TPSA) is 94.8 Å². The summed E-state index contributed by atoms with van der Waals surface area (Å²) in [4.78, 5) is 25.5. The minimum Gasteiger partial charge on any atom is -0.477 e. The SMILES string of the molecule is CC(C)(C)NCC1(O)CCN(c2c(F)cc3c(=O)c(C(=O)O)cn(C4CC4)c3c2F)C1. The van der Waals surface area contributed by atoms with Crippen molar-refractivity contribution in [1.82, 2.24) is 9.88 Å². The van der Waals surface area contributed by atoms with Crippen LogP contribution in [0.2, 0.25) is 0 Å². The number of benzene rings is 1. The van der Waals surface area contributed by atoms with Gasteiger partial charge in [-0.1, -0.05) is 0 Å². The van der Waals surface area contributed by atoms with Crippen LogP contribution in [0.4, 0.5) is 14.5 Å². The first-order chi connectivity index (χ1) is 14.4. The number of halogens is 2. The quantitative estimate of drug-likeness (QED) is 0.669. The van der Waals surface area contributed by atoms with E-state index >= 15 is 8.78 Å². The number of carboxylic acids is 1. The summed E-state index contributed by atoms with van der Waals surface area (Å²) in [5, 5.41) is 23.2. The van der Waals surface area contributed by atoms with Crippen molar-refractivity contribution in [3.05, 3.63) is 39.7 Å². The molecule has 2 heterocycles. The van der Waals surface area contributed by atoms with Crippen molar-refractivity contribution in [2.75, 3.05) is 24.5 Å². The van der Waals surface area contributed by atoms with Crippen LogP contribution in [0.1, 0.15) is 56.4 Å². The van der Waals surface area contributed by atoms with Gasteiger partial charge in [0.05, 0.1) is 16.5 Å². The van der Waals surface area contributed by atoms with E-state index in [2.05, 4.69) is 5.32 Å². The van der Waals surface area contributed by atoms with Gasteiger partial charge in [0, 0.05) is 37.4 Å². The molecule has 1 saturated heterocycles. The van der Waals surface area contributed by atoms with E-state index in [4.69, 9.17) is 0 Å². The van der Waals surface area contributed by atoms with Crippen LogP contribution in [0.25, 0.3) is 10.9 Å². The number of aromatic carboxylic acids is 1. The molecule has 9 heteroatoms. The first kappa shape index (κ1) is 21.7. The third-order valence-corrected chi connectivity index (χ3v) is 5.95. The average molecular weight is 435 g/mol. The maximum absolute atomic E-state index is 15.7. The van der Waals surface area contributed by atoms with E-state index in [-0.39, 0.29) is 47.8 Å². The molecule has 1 unspecified atom stereocenters. The lowest BCUT2D eigenvalue weighted by Gasteiger charge is -2.30. The second kappa shape index (κ2) is 7.27. The van der Waals surface area contributed by atoms with Crippen LogP contribution >= 0.6 is 0 Å². The zero-order chi connectivity index (χ0) is 22.7. The number of anilines is 1. The molecule has 0 bridgehead atoms. The molecule has 1 aromatic carbocycles. The predicted molar refractivity (Wildman–Crippen MR) is 113 cm³/mol. The van der Waals surface area contributed by atoms with Gasteiger partial charge in [0.1, 0.15) is 17.1 Å². The van der Waals surface area contributed by atoms with E-state index < -0.39 is 34.2 Å². The molecule has 1 aliphatic carbocycles. The molecule has 1 aliphatic heterocycles. The van der Waals surface area contributed by atoms with Crippen molar-refractivity contribution in [3.63, 3.8) is 0 Å². The van der Waals surface area contributed by atoms with Crippen molar-refractivity contribution in [1.29, 1.82) is 0 Å². The highest BCUT2D eigenvalue weighted by Crippen LogP contribution is 2.40. The Bertz CT molecular complexity index is 1120. The number of hydrogen-bond acceptors (Lipinski definition) is 5. The molecule has 3 N–H and O–H groups in total. The van der Waals surface area contributed by atoms with E-state index in [1.807, 2.05) is 20.8 Å². The van der Waals surface area contributed by atoms with Crippen molar-refractivity contribution in [3.8, 4) is 0 Å². The number of hydrogen-bond donors (Lipinski definition) is 3. The normalized spacial score (nSPS) is 21.8. The largest absolute Gasteiger partial charge is 0.477 e. The summed E-state index contributed by atoms with van der Waals surface area (Å²) >= 11 is 0. The fourth-order valence-electron chi connectivity index (χ4n) is 4.14. The number of nitrogens with zero attached hydrogens (tertiary/aromatic N) is 2. The zero-order valence-corrected chi connectivity index (χ0v) is 17.8. The molecule has 2 fully saturated rings. The summed E-state index contributed by atoms with van der Waals surface area (Å²) in [6.45, 7) is 6.47. The molecular formula is C22H27F2N3O4. The lowest BCUT2D eigenvalue weighted by Crippen LogP contribution is -2.49. The average Bonchev–Trinajstić information content (AvgIpc) is 3.43. The Labute approximate surface area is 178 Å². The molecule has 7 nitrogen and oxygen atoms in total. The Hall–Kier alpha value is -2.52. The summed E-state index contributed by atoms with van der Waals surface area (Å²) in [6.07, 6.45) is 2.94. The summed E-state index contributed by atoms with van der Waals surface area (Å²) in [7, 11) is 0. The molecular weight excluding hydrogens is 408 g/mol. The fraction of sp³-hybridized carbons (Fsp3) is 0.545. The molecule has 2 aromatic rings. The Balaban J connectivity index is 1.78. The summed E-state index contributed by atoms with van der Waals surface area (Å²) in [6, 6.07) is 0.798. The minimum absolute atomic E-state index is 0.0380. The van der Waals surface area contributed by atoms with Crippen LogP contribution in [-0.2, 0) is 0 Å². The molecule has 4 rings (SSSR count). The van der Waals surface area contributed by atoms with E-state index in [1.165, 1.54) is 9.47 Å². The Kier molecular flexibility index (Phi) is 5.09. The second-order valence-corrected chi connectivity index (χ2v) is 9.73. The van der Waals surface area contributed by atoms with Gasteiger partial charge in [-0.25, -0.2) is 13.6 Å². The highest BCUT2D eigenvalue weighted by Gasteiger charge is 2.39. The maximum atomic E-state index is 15.7. The number of β-amino-alcohol motifs (C(OH)–C–C–N with tert-alkyl or cyclic N) is 1. The van der Waals surface area contributed by atoms with Gasteiger partial charge in [0.2, 0.25) is 5.43 Å². The first-order valence-corrected chi connectivity index (χ1v) is 10.4. The number of fused-ring (bicyclic) bond motifs is 1. The highest BCUT2D eigenvalue weighted by molar-refractivity contribution is 5.94. The number of pyridine rings is 1. The number of aromatic nitrogens is 1. The second-order valence-electron chi connectivity index (χ2n) is 9.73. The van der Waals surface area contributed by atoms with Gasteiger partial charge in [-0.05, 0) is 46.1 Å². The van der Waals surface area contributed by atoms with Gasteiger partial charge >= 0.3 is 5.97 Å². The van der Waals surface area contributed by atoms with E-state index in [1.54, 1.807) is 0 Å². The predicted octanol–water partition coefficient (Wildman–Crippen LogP) is 2.64. The highest BCUT2D eigenvalue weighted by atomic mass is 19.1. The number of nitrogens with one attached hydrogen (secondary N) is 1. The van der Waals surface area contributed by atoms with Crippen LogP contribution in [0.3, 0.4) is 0 Å². The van der Waals surface area contributed by atoms with Crippen LogP contribution in [0.5, 0.6) is 0 Å². The van der Waals surface area contributed by atoms with Gasteiger partial charge in [-0.3, -0.25) is 4.79 Å². The lowest BCUT2D eigenvalue weighted by atomic mass is 10.0. The van der Waals surface area contributed by atoms with Crippen LogP contribution in [0.15, 0.2) is 17.1 Å². The Morgan fingerprint density at radius 3 is 2.58 bits per heavy atom. The number of aliphatic hydroxyl groups is 1. The van der Waals surface area contributed by atoms with Crippen molar-refractivity contribution in [2.24, 2.45) is 0 Å². The third-order valence-electron chi connectivity index (χ3n) is 5.95. The molecule has 168 valence electrons. The zero-order valence-electron chi connectivity index (χ0n) is 17.8. The fourth-order valence-corrected chi connectivity index (χ4v) is 4.14. The third kappa shape index (κ3) is 4.04. The van der Waals surface area contributed by atoms with Gasteiger partial charge in [-0.15, -0.1) is 0 Å². The van der Waals surface area contributed by atoms with Crippen LogP contribution in [0, 0.1) is 11.6 Å². The molecule has 2 aliphatic rings. The van der Waals surface area contributed by atoms with Gasteiger partial charge in [-0.2, -0.15) is 0 Å². The molecule has 31 heavy (non-hydrogen) atoms. The smallest absolute Gasteiger partial charge is 0.341 e. The summed E-state index contributed by atoms with van der Waals surface area (Å²) < 4.78 is 32.2. The maximum Gasteiger partial charge on any atom is 0.341 e. The van der Waals surface area contributed by atoms with E-state index in [0.29, 0.717) is 6.42 Å². The molecule has 1 saturated carbocycles. The summed E-state index contributed by atoms with van der Waals surface area (Å²) in [5.74, 6) is -3.27. The van der Waals surface area contributed by atoms with Crippen LogP contribution in [-0.4, -0.2) is 51.5 Å². The molecule has 1 atom stereocenters. The van der Waals surface area contributed by atoms with E-state index in [9.17, 15) is 19.8 Å². The standard InChI is InChI=1S/C22H27F2N3O4/c1-21(2,3)25-10-22(31)6-7-26(11-22)18-15(23)8-13-17(16(18)24)27(12-4-5-12)9-14(19(13)28)20(29)30/h8-9,12,25,31H,4-7,10-11H2,1-3H3,(H,29,30). The molecule has 0 spiro atoms.